The van der Waals surface area contributed by atoms with Gasteiger partial charge in [0.25, 0.3) is 5.91 Å². The number of imide groups is 1. The smallest absolute Gasteiger partial charge is 0.322 e. The zero-order valence-electron chi connectivity index (χ0n) is 15.7. The van der Waals surface area contributed by atoms with Crippen LogP contribution in [0.15, 0.2) is 54.7 Å². The second-order valence-corrected chi connectivity index (χ2v) is 8.29. The predicted molar refractivity (Wildman–Crippen MR) is 108 cm³/mol. The third-order valence-electron chi connectivity index (χ3n) is 5.17. The van der Waals surface area contributed by atoms with E-state index in [4.69, 9.17) is 4.74 Å². The Morgan fingerprint density at radius 3 is 2.87 bits per heavy atom. The van der Waals surface area contributed by atoms with Crippen molar-refractivity contribution < 1.29 is 18.7 Å². The fourth-order valence-corrected chi connectivity index (χ4v) is 4.86. The molecule has 0 radical (unpaired) electrons. The van der Waals surface area contributed by atoms with Gasteiger partial charge in [-0.15, -0.1) is 11.3 Å². The number of ether oxygens (including phenoxy) is 1. The molecule has 1 atom stereocenters. The quantitative estimate of drug-likeness (QED) is 0.630. The molecule has 30 heavy (non-hydrogen) atoms. The van der Waals surface area contributed by atoms with E-state index in [0.29, 0.717) is 17.2 Å². The van der Waals surface area contributed by atoms with Gasteiger partial charge in [0.05, 0.1) is 10.6 Å². The summed E-state index contributed by atoms with van der Waals surface area (Å²) in [6, 6.07) is 13.2. The minimum Gasteiger partial charge on any atom is -0.478 e. The normalized spacial score (nSPS) is 21.0. The Kier molecular flexibility index (Phi) is 4.48. The van der Waals surface area contributed by atoms with E-state index < -0.39 is 17.5 Å². The van der Waals surface area contributed by atoms with Crippen molar-refractivity contribution in [3.8, 4) is 16.3 Å². The molecule has 9 heteroatoms. The van der Waals surface area contributed by atoms with Gasteiger partial charge in [0.15, 0.2) is 5.54 Å². The highest BCUT2D eigenvalue weighted by atomic mass is 32.1. The summed E-state index contributed by atoms with van der Waals surface area (Å²) < 4.78 is 19.1. The Hall–Kier alpha value is -3.30. The lowest BCUT2D eigenvalue weighted by atomic mass is 9.96. The van der Waals surface area contributed by atoms with Crippen LogP contribution < -0.4 is 15.4 Å². The van der Waals surface area contributed by atoms with Gasteiger partial charge < -0.3 is 10.1 Å². The van der Waals surface area contributed by atoms with E-state index in [1.54, 1.807) is 12.3 Å². The summed E-state index contributed by atoms with van der Waals surface area (Å²) in [5, 5.41) is 5.17. The lowest BCUT2D eigenvalue weighted by molar-refractivity contribution is -0.125. The summed E-state index contributed by atoms with van der Waals surface area (Å²) in [5.41, 5.74) is 0.379. The van der Waals surface area contributed by atoms with Crippen molar-refractivity contribution in [3.05, 3.63) is 71.0 Å². The number of pyridine rings is 1. The van der Waals surface area contributed by atoms with E-state index in [0.717, 1.165) is 16.1 Å². The van der Waals surface area contributed by atoms with E-state index in [9.17, 15) is 14.0 Å². The Morgan fingerprint density at radius 2 is 2.10 bits per heavy atom. The van der Waals surface area contributed by atoms with E-state index in [1.165, 1.54) is 23.5 Å². The largest absolute Gasteiger partial charge is 0.478 e. The van der Waals surface area contributed by atoms with E-state index in [2.05, 4.69) is 15.6 Å². The first kappa shape index (κ1) is 18.7. The van der Waals surface area contributed by atoms with Crippen LogP contribution in [-0.4, -0.2) is 35.1 Å². The fraction of sp³-hybridized carbons (Fsp3) is 0.190. The molecule has 2 aliphatic rings. The standard InChI is InChI=1S/C21H17FN4O3S/c22-14-5-4-13-10-26(12-29-16(13)9-14)11-21(19(27)24-20(28)25-21)18-7-6-17(30-18)15-3-1-2-8-23-15/h1-9H,10-12H2,(H2,24,25,27,28)/t21-/m1/s1. The number of carbonyl (C=O) groups excluding carboxylic acids is 2. The Balaban J connectivity index is 1.46. The molecule has 1 fully saturated rings. The first-order chi connectivity index (χ1) is 14.5. The molecule has 152 valence electrons. The lowest BCUT2D eigenvalue weighted by Gasteiger charge is -2.35. The van der Waals surface area contributed by atoms with Crippen LogP contribution in [0.3, 0.4) is 0 Å². The highest BCUT2D eigenvalue weighted by Gasteiger charge is 2.50. The molecular weight excluding hydrogens is 407 g/mol. The molecule has 7 nitrogen and oxygen atoms in total. The van der Waals surface area contributed by atoms with Gasteiger partial charge in [0.1, 0.15) is 18.3 Å². The summed E-state index contributed by atoms with van der Waals surface area (Å²) in [5.74, 6) is -0.276. The molecule has 0 saturated carbocycles. The summed E-state index contributed by atoms with van der Waals surface area (Å²) in [4.78, 5) is 32.8. The Morgan fingerprint density at radius 1 is 1.20 bits per heavy atom. The van der Waals surface area contributed by atoms with E-state index in [1.807, 2.05) is 35.2 Å². The molecule has 3 amide bonds. The van der Waals surface area contributed by atoms with Crippen molar-refractivity contribution in [1.29, 1.82) is 0 Å². The number of thiophene rings is 1. The van der Waals surface area contributed by atoms with Crippen molar-refractivity contribution in [3.63, 3.8) is 0 Å². The van der Waals surface area contributed by atoms with Gasteiger partial charge in [0.2, 0.25) is 0 Å². The molecule has 1 aromatic carbocycles. The van der Waals surface area contributed by atoms with Crippen molar-refractivity contribution in [2.24, 2.45) is 0 Å². The number of urea groups is 1. The molecule has 0 spiro atoms. The van der Waals surface area contributed by atoms with Gasteiger partial charge in [-0.3, -0.25) is 20.0 Å². The van der Waals surface area contributed by atoms with Crippen LogP contribution in [0.25, 0.3) is 10.6 Å². The topological polar surface area (TPSA) is 83.6 Å². The maximum Gasteiger partial charge on any atom is 0.322 e. The van der Waals surface area contributed by atoms with Crippen LogP contribution in [0.4, 0.5) is 9.18 Å². The number of hydrogen-bond acceptors (Lipinski definition) is 6. The van der Waals surface area contributed by atoms with Gasteiger partial charge in [-0.25, -0.2) is 9.18 Å². The van der Waals surface area contributed by atoms with E-state index >= 15 is 0 Å². The summed E-state index contributed by atoms with van der Waals surface area (Å²) in [6.45, 7) is 0.863. The number of halogens is 1. The Labute approximate surface area is 175 Å². The molecular formula is C21H17FN4O3S. The van der Waals surface area contributed by atoms with Crippen molar-refractivity contribution >= 4 is 23.3 Å². The van der Waals surface area contributed by atoms with Crippen LogP contribution in [0.2, 0.25) is 0 Å². The molecule has 2 aliphatic heterocycles. The van der Waals surface area contributed by atoms with Crippen molar-refractivity contribution in [2.45, 2.75) is 12.1 Å². The molecule has 4 heterocycles. The molecule has 5 rings (SSSR count). The molecule has 2 N–H and O–H groups in total. The zero-order valence-corrected chi connectivity index (χ0v) is 16.5. The number of fused-ring (bicyclic) bond motifs is 1. The molecule has 0 aliphatic carbocycles. The predicted octanol–water partition coefficient (Wildman–Crippen LogP) is 2.84. The number of rotatable bonds is 4. The van der Waals surface area contributed by atoms with Crippen LogP contribution in [0.1, 0.15) is 10.4 Å². The molecule has 0 bridgehead atoms. The van der Waals surface area contributed by atoms with E-state index in [-0.39, 0.29) is 19.1 Å². The van der Waals surface area contributed by atoms with Crippen molar-refractivity contribution in [2.75, 3.05) is 13.3 Å². The second-order valence-electron chi connectivity index (χ2n) is 7.20. The maximum absolute atomic E-state index is 13.4. The zero-order chi connectivity index (χ0) is 20.7. The van der Waals surface area contributed by atoms with Crippen LogP contribution in [-0.2, 0) is 16.9 Å². The molecule has 3 aromatic rings. The number of carbonyl (C=O) groups is 2. The van der Waals surface area contributed by atoms with Crippen LogP contribution in [0, 0.1) is 5.82 Å². The average Bonchev–Trinajstić information content (AvgIpc) is 3.34. The first-order valence-electron chi connectivity index (χ1n) is 9.32. The minimum absolute atomic E-state index is 0.180. The average molecular weight is 424 g/mol. The second kappa shape index (κ2) is 7.19. The monoisotopic (exact) mass is 424 g/mol. The number of nitrogens with zero attached hydrogens (tertiary/aromatic N) is 2. The van der Waals surface area contributed by atoms with Gasteiger partial charge in [0, 0.05) is 35.8 Å². The SMILES string of the molecule is O=C1NC(=O)[C@@](CN2COc3cc(F)ccc3C2)(c2ccc(-c3ccccn3)s2)N1. The molecule has 2 aromatic heterocycles. The summed E-state index contributed by atoms with van der Waals surface area (Å²) in [6.07, 6.45) is 1.71. The number of amides is 3. The summed E-state index contributed by atoms with van der Waals surface area (Å²) in [7, 11) is 0. The lowest BCUT2D eigenvalue weighted by Crippen LogP contribution is -2.53. The van der Waals surface area contributed by atoms with Crippen LogP contribution >= 0.6 is 11.3 Å². The van der Waals surface area contributed by atoms with Gasteiger partial charge in [-0.1, -0.05) is 12.1 Å². The number of benzene rings is 1. The van der Waals surface area contributed by atoms with Crippen molar-refractivity contribution in [1.82, 2.24) is 20.5 Å². The van der Waals surface area contributed by atoms with Gasteiger partial charge in [-0.2, -0.15) is 0 Å². The third kappa shape index (κ3) is 3.21. The van der Waals surface area contributed by atoms with Gasteiger partial charge >= 0.3 is 6.03 Å². The Bertz CT molecular complexity index is 1140. The number of nitrogens with one attached hydrogen (secondary N) is 2. The highest BCUT2D eigenvalue weighted by Crippen LogP contribution is 2.37. The maximum atomic E-state index is 13.4. The summed E-state index contributed by atoms with van der Waals surface area (Å²) >= 11 is 1.41. The first-order valence-corrected chi connectivity index (χ1v) is 10.1. The highest BCUT2D eigenvalue weighted by molar-refractivity contribution is 7.15. The molecule has 0 unspecified atom stereocenters. The fourth-order valence-electron chi connectivity index (χ4n) is 3.75. The van der Waals surface area contributed by atoms with Crippen LogP contribution in [0.5, 0.6) is 5.75 Å². The minimum atomic E-state index is -1.24. The third-order valence-corrected chi connectivity index (χ3v) is 6.44. The van der Waals surface area contributed by atoms with Gasteiger partial charge in [-0.05, 0) is 30.3 Å². The number of hydrogen-bond donors (Lipinski definition) is 2. The number of aromatic nitrogens is 1. The molecule has 1 saturated heterocycles.